The van der Waals surface area contributed by atoms with Gasteiger partial charge in [0.15, 0.2) is 6.61 Å². The smallest absolute Gasteiger partial charge is 0.387 e. The Morgan fingerprint density at radius 2 is 1.84 bits per heavy atom. The number of benzene rings is 2. The van der Waals surface area contributed by atoms with Gasteiger partial charge in [0.25, 0.3) is 0 Å². The lowest BCUT2D eigenvalue weighted by Crippen LogP contribution is -2.21. The molecule has 1 atom stereocenters. The zero-order valence-electron chi connectivity index (χ0n) is 21.5. The van der Waals surface area contributed by atoms with Crippen molar-refractivity contribution in [3.05, 3.63) is 88.4 Å². The van der Waals surface area contributed by atoms with E-state index in [1.54, 1.807) is 25.1 Å². The summed E-state index contributed by atoms with van der Waals surface area (Å²) in [6, 6.07) is 15.4. The van der Waals surface area contributed by atoms with Crippen molar-refractivity contribution in [3.8, 4) is 11.4 Å². The highest BCUT2D eigenvalue weighted by molar-refractivity contribution is 6.06. The number of pyridine rings is 1. The Kier molecular flexibility index (Phi) is 6.97. The van der Waals surface area contributed by atoms with Crippen LogP contribution in [0.5, 0.6) is 5.75 Å². The van der Waals surface area contributed by atoms with Crippen molar-refractivity contribution < 1.29 is 27.8 Å². The minimum atomic E-state index is -2.90. The zero-order chi connectivity index (χ0) is 27.0. The van der Waals surface area contributed by atoms with Gasteiger partial charge in [-0.1, -0.05) is 25.1 Å². The second-order valence-corrected chi connectivity index (χ2v) is 9.77. The summed E-state index contributed by atoms with van der Waals surface area (Å²) in [6.07, 6.45) is 2.57. The van der Waals surface area contributed by atoms with Crippen LogP contribution < -0.4 is 4.74 Å². The van der Waals surface area contributed by atoms with Crippen LogP contribution in [-0.2, 0) is 17.6 Å². The van der Waals surface area contributed by atoms with Crippen LogP contribution in [0.25, 0.3) is 16.6 Å². The summed E-state index contributed by atoms with van der Waals surface area (Å²) in [4.78, 5) is 31.3. The summed E-state index contributed by atoms with van der Waals surface area (Å²) in [6.45, 7) is 2.49. The highest BCUT2D eigenvalue weighted by atomic mass is 19.3. The number of carbonyl (C=O) groups excluding carboxylic acids is 2. The molecule has 0 bridgehead atoms. The lowest BCUT2D eigenvalue weighted by molar-refractivity contribution is -0.0498. The first kappa shape index (κ1) is 25.6. The maximum atomic E-state index is 13.4. The van der Waals surface area contributed by atoms with Crippen molar-refractivity contribution in [1.82, 2.24) is 9.55 Å². The predicted molar refractivity (Wildman–Crippen MR) is 139 cm³/mol. The first-order valence-electron chi connectivity index (χ1n) is 12.6. The lowest BCUT2D eigenvalue weighted by Gasteiger charge is -2.24. The zero-order valence-corrected chi connectivity index (χ0v) is 21.5. The number of esters is 1. The van der Waals surface area contributed by atoms with Gasteiger partial charge >= 0.3 is 12.6 Å². The Balaban J connectivity index is 1.38. The monoisotopic (exact) mass is 518 g/mol. The Morgan fingerprint density at radius 1 is 1.11 bits per heavy atom. The Labute approximate surface area is 219 Å². The van der Waals surface area contributed by atoms with Crippen LogP contribution in [0.4, 0.5) is 8.78 Å². The fourth-order valence-corrected chi connectivity index (χ4v) is 5.30. The molecule has 1 aliphatic rings. The molecule has 8 heteroatoms. The standard InChI is InChI=1S/C30H28F2N2O4/c1-17-8-13-26-24(14-17)28(22-6-4-5-7-25(22)33-26)29(36)37-16-27(35)23-15-18(2)34(19(23)3)20-9-11-21(12-10-20)38-30(31)32/h4-7,9-12,15,17,30H,8,13-14,16H2,1-3H3. The third-order valence-electron chi connectivity index (χ3n) is 7.10. The van der Waals surface area contributed by atoms with Crippen LogP contribution in [0.1, 0.15) is 56.7 Å². The van der Waals surface area contributed by atoms with Gasteiger partial charge in [-0.25, -0.2) is 4.79 Å². The molecule has 5 rings (SSSR count). The average Bonchev–Trinajstić information content (AvgIpc) is 3.19. The number of rotatable bonds is 7. The predicted octanol–water partition coefficient (Wildman–Crippen LogP) is 6.41. The van der Waals surface area contributed by atoms with Gasteiger partial charge in [0.05, 0.1) is 11.1 Å². The molecule has 38 heavy (non-hydrogen) atoms. The molecule has 0 radical (unpaired) electrons. The van der Waals surface area contributed by atoms with Gasteiger partial charge in [-0.3, -0.25) is 9.78 Å². The van der Waals surface area contributed by atoms with E-state index in [4.69, 9.17) is 9.72 Å². The van der Waals surface area contributed by atoms with Crippen molar-refractivity contribution in [2.45, 2.75) is 46.6 Å². The minimum Gasteiger partial charge on any atom is -0.454 e. The van der Waals surface area contributed by atoms with E-state index in [0.29, 0.717) is 28.4 Å². The topological polar surface area (TPSA) is 70.4 Å². The molecule has 2 heterocycles. The number of nitrogens with zero attached hydrogens (tertiary/aromatic N) is 2. The summed E-state index contributed by atoms with van der Waals surface area (Å²) >= 11 is 0. The largest absolute Gasteiger partial charge is 0.454 e. The Bertz CT molecular complexity index is 1530. The van der Waals surface area contributed by atoms with E-state index >= 15 is 0 Å². The molecule has 0 aliphatic heterocycles. The van der Waals surface area contributed by atoms with Crippen molar-refractivity contribution in [3.63, 3.8) is 0 Å². The number of hydrogen-bond donors (Lipinski definition) is 0. The molecule has 0 fully saturated rings. The number of alkyl halides is 2. The molecular weight excluding hydrogens is 490 g/mol. The van der Waals surface area contributed by atoms with Crippen LogP contribution in [0.15, 0.2) is 54.6 Å². The summed E-state index contributed by atoms with van der Waals surface area (Å²) in [5.41, 5.74) is 5.65. The van der Waals surface area contributed by atoms with E-state index in [1.165, 1.54) is 12.1 Å². The van der Waals surface area contributed by atoms with Crippen LogP contribution in [0.2, 0.25) is 0 Å². The molecule has 2 aromatic carbocycles. The van der Waals surface area contributed by atoms with Gasteiger partial charge in [0.1, 0.15) is 5.75 Å². The minimum absolute atomic E-state index is 0.0506. The van der Waals surface area contributed by atoms with Gasteiger partial charge in [0, 0.05) is 33.7 Å². The van der Waals surface area contributed by atoms with Crippen molar-refractivity contribution in [1.29, 1.82) is 0 Å². The third-order valence-corrected chi connectivity index (χ3v) is 7.10. The molecule has 0 spiro atoms. The first-order chi connectivity index (χ1) is 18.2. The summed E-state index contributed by atoms with van der Waals surface area (Å²) in [7, 11) is 0. The Hall–Kier alpha value is -4.07. The number of aryl methyl sites for hydroxylation is 2. The first-order valence-corrected chi connectivity index (χ1v) is 12.6. The highest BCUT2D eigenvalue weighted by Crippen LogP contribution is 2.32. The number of carbonyl (C=O) groups is 2. The second-order valence-electron chi connectivity index (χ2n) is 9.77. The third kappa shape index (κ3) is 4.90. The number of hydrogen-bond acceptors (Lipinski definition) is 5. The average molecular weight is 519 g/mol. The van der Waals surface area contributed by atoms with Gasteiger partial charge < -0.3 is 14.0 Å². The number of ether oxygens (including phenoxy) is 2. The van der Waals surface area contributed by atoms with Crippen LogP contribution >= 0.6 is 0 Å². The van der Waals surface area contributed by atoms with E-state index < -0.39 is 19.2 Å². The SMILES string of the molecule is Cc1cc(C(=O)COC(=O)c2c3c(nc4ccccc24)CCC(C)C3)c(C)n1-c1ccc(OC(F)F)cc1. The molecule has 0 amide bonds. The fraction of sp³-hybridized carbons (Fsp3) is 0.300. The highest BCUT2D eigenvalue weighted by Gasteiger charge is 2.27. The number of fused-ring (bicyclic) bond motifs is 2. The molecular formula is C30H28F2N2O4. The Morgan fingerprint density at radius 3 is 2.58 bits per heavy atom. The van der Waals surface area contributed by atoms with Crippen LogP contribution in [0.3, 0.4) is 0 Å². The van der Waals surface area contributed by atoms with Crippen molar-refractivity contribution in [2.24, 2.45) is 5.92 Å². The lowest BCUT2D eigenvalue weighted by atomic mass is 9.84. The van der Waals surface area contributed by atoms with Crippen molar-refractivity contribution in [2.75, 3.05) is 6.61 Å². The summed E-state index contributed by atoms with van der Waals surface area (Å²) < 4.78 is 36.8. The number of ketones is 1. The van der Waals surface area contributed by atoms with Gasteiger partial charge in [-0.15, -0.1) is 0 Å². The maximum Gasteiger partial charge on any atom is 0.387 e. The summed E-state index contributed by atoms with van der Waals surface area (Å²) in [5.74, 6) is -0.364. The van der Waals surface area contributed by atoms with Gasteiger partial charge in [-0.05, 0) is 81.0 Å². The molecule has 6 nitrogen and oxygen atoms in total. The quantitative estimate of drug-likeness (QED) is 0.209. The maximum absolute atomic E-state index is 13.4. The van der Waals surface area contributed by atoms with Crippen molar-refractivity contribution >= 4 is 22.7 Å². The van der Waals surface area contributed by atoms with E-state index in [1.807, 2.05) is 35.8 Å². The van der Waals surface area contributed by atoms with Crippen LogP contribution in [0, 0.1) is 19.8 Å². The number of aromatic nitrogens is 2. The molecule has 1 unspecified atom stereocenters. The number of para-hydroxylation sites is 1. The number of halogens is 2. The van der Waals surface area contributed by atoms with E-state index in [0.717, 1.165) is 47.1 Å². The van der Waals surface area contributed by atoms with E-state index in [9.17, 15) is 18.4 Å². The molecule has 0 saturated heterocycles. The molecule has 0 saturated carbocycles. The van der Waals surface area contributed by atoms with Gasteiger partial charge in [0.2, 0.25) is 5.78 Å². The molecule has 196 valence electrons. The van der Waals surface area contributed by atoms with Gasteiger partial charge in [-0.2, -0.15) is 8.78 Å². The fourth-order valence-electron chi connectivity index (χ4n) is 5.30. The molecule has 1 aliphatic carbocycles. The van der Waals surface area contributed by atoms with Crippen LogP contribution in [-0.4, -0.2) is 34.5 Å². The molecule has 4 aromatic rings. The molecule has 0 N–H and O–H groups in total. The van der Waals surface area contributed by atoms with E-state index in [-0.39, 0.29) is 11.5 Å². The van der Waals surface area contributed by atoms with E-state index in [2.05, 4.69) is 11.7 Å². The molecule has 2 aromatic heterocycles. The number of Topliss-reactive ketones (excluding diaryl/α,β-unsaturated/α-hetero) is 1. The summed E-state index contributed by atoms with van der Waals surface area (Å²) in [5, 5.41) is 0.732. The normalized spacial score (nSPS) is 14.9. The second kappa shape index (κ2) is 10.4.